The fourth-order valence-corrected chi connectivity index (χ4v) is 13.7. The summed E-state index contributed by atoms with van der Waals surface area (Å²) in [6.07, 6.45) is 0. The van der Waals surface area contributed by atoms with Crippen molar-refractivity contribution in [1.29, 1.82) is 0 Å². The van der Waals surface area contributed by atoms with Crippen molar-refractivity contribution < 1.29 is 47.4 Å². The van der Waals surface area contributed by atoms with E-state index in [1.54, 1.807) is 45.3 Å². The minimum atomic E-state index is 0.477. The number of thiophene rings is 6. The average Bonchev–Trinajstić information content (AvgIpc) is 4.13. The van der Waals surface area contributed by atoms with E-state index in [1.165, 1.54) is 29.3 Å². The SMILES string of the molecule is CCOCCOCCOCc1cc(-c2ccc(-c3ccc(-c4cc(COCCOCCOCC)c(-c5sc(C)c6c5OCCO6)s4)s3)s2)sc1-c1sc(C)c2c1OCCO2. The Morgan fingerprint density at radius 1 is 0.400 bits per heavy atom. The zero-order chi connectivity index (χ0) is 41.3. The van der Waals surface area contributed by atoms with Crippen LogP contribution in [-0.2, 0) is 41.6 Å². The van der Waals surface area contributed by atoms with Gasteiger partial charge in [-0.2, -0.15) is 0 Å². The van der Waals surface area contributed by atoms with Gasteiger partial charge < -0.3 is 47.4 Å². The minimum Gasteiger partial charge on any atom is -0.485 e. The second kappa shape index (κ2) is 21.5. The lowest BCUT2D eigenvalue weighted by atomic mass is 10.2. The van der Waals surface area contributed by atoms with E-state index in [2.05, 4.69) is 50.2 Å². The summed E-state index contributed by atoms with van der Waals surface area (Å²) in [7, 11) is 0. The maximum Gasteiger partial charge on any atom is 0.181 e. The molecule has 2 aliphatic heterocycles. The molecule has 0 saturated carbocycles. The Labute approximate surface area is 375 Å². The first-order valence-electron chi connectivity index (χ1n) is 20.2. The van der Waals surface area contributed by atoms with Crippen LogP contribution in [0.1, 0.15) is 34.7 Å². The van der Waals surface area contributed by atoms with Crippen molar-refractivity contribution in [2.24, 2.45) is 0 Å². The van der Waals surface area contributed by atoms with Gasteiger partial charge in [-0.1, -0.05) is 0 Å². The highest BCUT2D eigenvalue weighted by Gasteiger charge is 2.28. The predicted molar refractivity (Wildman–Crippen MR) is 246 cm³/mol. The van der Waals surface area contributed by atoms with Gasteiger partial charge in [-0.15, -0.1) is 68.0 Å². The van der Waals surface area contributed by atoms with Gasteiger partial charge >= 0.3 is 0 Å². The summed E-state index contributed by atoms with van der Waals surface area (Å²) in [5.74, 6) is 3.42. The first kappa shape index (κ1) is 43.8. The van der Waals surface area contributed by atoms with E-state index in [-0.39, 0.29) is 0 Å². The molecular formula is C44H50O10S6. The molecule has 0 spiro atoms. The van der Waals surface area contributed by atoms with Crippen LogP contribution in [0.2, 0.25) is 0 Å². The molecule has 0 saturated heterocycles. The van der Waals surface area contributed by atoms with Crippen LogP contribution >= 0.6 is 68.0 Å². The van der Waals surface area contributed by atoms with Crippen molar-refractivity contribution in [2.45, 2.75) is 40.9 Å². The van der Waals surface area contributed by atoms with Gasteiger partial charge in [0, 0.05) is 52.2 Å². The van der Waals surface area contributed by atoms with Gasteiger partial charge in [-0.3, -0.25) is 0 Å². The molecule has 0 fully saturated rings. The van der Waals surface area contributed by atoms with Crippen LogP contribution < -0.4 is 18.9 Å². The third-order valence-corrected chi connectivity index (χ3v) is 17.1. The molecule has 0 unspecified atom stereocenters. The van der Waals surface area contributed by atoms with Crippen LogP contribution in [0.15, 0.2) is 36.4 Å². The maximum atomic E-state index is 6.19. The van der Waals surface area contributed by atoms with Crippen LogP contribution in [0.3, 0.4) is 0 Å². The van der Waals surface area contributed by atoms with Gasteiger partial charge in [-0.25, -0.2) is 0 Å². The Kier molecular flexibility index (Phi) is 15.7. The first-order valence-corrected chi connectivity index (χ1v) is 25.1. The van der Waals surface area contributed by atoms with Gasteiger partial charge in [0.25, 0.3) is 0 Å². The monoisotopic (exact) mass is 930 g/mol. The molecule has 2 aliphatic rings. The van der Waals surface area contributed by atoms with E-state index in [9.17, 15) is 0 Å². The fraction of sp³-hybridized carbons (Fsp3) is 0.455. The molecule has 0 N–H and O–H groups in total. The van der Waals surface area contributed by atoms with Crippen molar-refractivity contribution in [3.8, 4) is 71.8 Å². The van der Waals surface area contributed by atoms with Crippen LogP contribution in [-0.4, -0.2) is 92.5 Å². The lowest BCUT2D eigenvalue weighted by Crippen LogP contribution is -2.14. The normalized spacial score (nSPS) is 13.5. The number of hydrogen-bond acceptors (Lipinski definition) is 16. The summed E-state index contributed by atoms with van der Waals surface area (Å²) in [4.78, 5) is 14.1. The zero-order valence-electron chi connectivity index (χ0n) is 34.3. The largest absolute Gasteiger partial charge is 0.485 e. The number of rotatable bonds is 23. The second-order valence-corrected chi connectivity index (χ2v) is 20.4. The summed E-state index contributed by atoms with van der Waals surface area (Å²) in [6, 6.07) is 13.5. The molecule has 0 atom stereocenters. The molecule has 322 valence electrons. The number of aryl methyl sites for hydroxylation is 2. The second-order valence-electron chi connectivity index (χ2n) is 13.7. The molecule has 16 heteroatoms. The zero-order valence-corrected chi connectivity index (χ0v) is 39.2. The molecule has 0 aromatic carbocycles. The molecule has 8 rings (SSSR count). The summed E-state index contributed by atoms with van der Waals surface area (Å²) < 4.78 is 59.0. The molecule has 6 aromatic heterocycles. The Balaban J connectivity index is 1.01. The van der Waals surface area contributed by atoms with Crippen LogP contribution in [0.4, 0.5) is 0 Å². The molecule has 8 heterocycles. The molecule has 6 aromatic rings. The molecule has 60 heavy (non-hydrogen) atoms. The van der Waals surface area contributed by atoms with Crippen LogP contribution in [0.25, 0.3) is 48.8 Å². The predicted octanol–water partition coefficient (Wildman–Crippen LogP) is 11.7. The smallest absolute Gasteiger partial charge is 0.181 e. The van der Waals surface area contributed by atoms with E-state index >= 15 is 0 Å². The van der Waals surface area contributed by atoms with E-state index < -0.39 is 0 Å². The van der Waals surface area contributed by atoms with Crippen molar-refractivity contribution in [3.63, 3.8) is 0 Å². The highest BCUT2D eigenvalue weighted by Crippen LogP contribution is 2.55. The van der Waals surface area contributed by atoms with Gasteiger partial charge in [0.15, 0.2) is 23.0 Å². The van der Waals surface area contributed by atoms with E-state index in [4.69, 9.17) is 47.4 Å². The summed E-state index contributed by atoms with van der Waals surface area (Å²) in [5.41, 5.74) is 2.27. The van der Waals surface area contributed by atoms with Crippen LogP contribution in [0, 0.1) is 13.8 Å². The van der Waals surface area contributed by atoms with Gasteiger partial charge in [0.05, 0.1) is 85.6 Å². The minimum absolute atomic E-state index is 0.477. The van der Waals surface area contributed by atoms with Gasteiger partial charge in [-0.05, 0) is 75.2 Å². The lowest BCUT2D eigenvalue weighted by Gasteiger charge is -2.16. The van der Waals surface area contributed by atoms with Crippen molar-refractivity contribution in [2.75, 3.05) is 92.5 Å². The first-order chi connectivity index (χ1) is 29.5. The lowest BCUT2D eigenvalue weighted by molar-refractivity contribution is 0.0129. The number of ether oxygens (including phenoxy) is 10. The molecule has 0 amide bonds. The van der Waals surface area contributed by atoms with Gasteiger partial charge in [0.2, 0.25) is 0 Å². The van der Waals surface area contributed by atoms with Gasteiger partial charge in [0.1, 0.15) is 26.4 Å². The Bertz CT molecular complexity index is 2130. The van der Waals surface area contributed by atoms with Crippen molar-refractivity contribution >= 4 is 68.0 Å². The average molecular weight is 931 g/mol. The van der Waals surface area contributed by atoms with E-state index in [0.717, 1.165) is 63.4 Å². The van der Waals surface area contributed by atoms with Crippen molar-refractivity contribution in [1.82, 2.24) is 0 Å². The highest BCUT2D eigenvalue weighted by atomic mass is 32.1. The standard InChI is InChI=1S/C44H50O10S6/c1-5-45-11-13-47-15-17-49-25-29-23-35(59-41(29)43-39-37(27(3)55-43)51-19-21-53-39)33-9-7-31(57-33)32-8-10-34(58-32)36-24-30(26-50-18-16-48-14-12-46-6-2)42(60-36)44-40-38(28(4)56-44)52-20-22-54-40/h7-10,23-24H,5-6,11-22,25-26H2,1-4H3. The molecule has 0 aliphatic carbocycles. The van der Waals surface area contributed by atoms with E-state index in [1.807, 2.05) is 36.5 Å². The molecule has 0 radical (unpaired) electrons. The fourth-order valence-electron chi connectivity index (χ4n) is 6.72. The Hall–Kier alpha value is -2.84. The quantitative estimate of drug-likeness (QED) is 0.0578. The van der Waals surface area contributed by atoms with Crippen molar-refractivity contribution in [3.05, 3.63) is 57.3 Å². The molecule has 10 nitrogen and oxygen atoms in total. The van der Waals surface area contributed by atoms with Crippen LogP contribution in [0.5, 0.6) is 23.0 Å². The number of hydrogen-bond donors (Lipinski definition) is 0. The summed E-state index contributed by atoms with van der Waals surface area (Å²) in [6.45, 7) is 17.1. The number of fused-ring (bicyclic) bond motifs is 2. The Morgan fingerprint density at radius 3 is 1.15 bits per heavy atom. The summed E-state index contributed by atoms with van der Waals surface area (Å²) >= 11 is 10.7. The van der Waals surface area contributed by atoms with E-state index in [0.29, 0.717) is 106 Å². The highest BCUT2D eigenvalue weighted by molar-refractivity contribution is 7.30. The molecular weight excluding hydrogens is 881 g/mol. The Morgan fingerprint density at radius 2 is 0.750 bits per heavy atom. The molecule has 0 bridgehead atoms. The summed E-state index contributed by atoms with van der Waals surface area (Å²) in [5, 5.41) is 0. The topological polar surface area (TPSA) is 92.3 Å². The third kappa shape index (κ3) is 10.3. The third-order valence-electron chi connectivity index (χ3n) is 9.51. The maximum absolute atomic E-state index is 6.19.